The zero-order chi connectivity index (χ0) is 17.5. The number of likely N-dealkylation sites (tertiary alicyclic amines) is 1. The van der Waals surface area contributed by atoms with Crippen molar-refractivity contribution in [3.63, 3.8) is 0 Å². The van der Waals surface area contributed by atoms with Gasteiger partial charge in [-0.15, -0.1) is 0 Å². The van der Waals surface area contributed by atoms with Gasteiger partial charge in [-0.3, -0.25) is 9.88 Å². The van der Waals surface area contributed by atoms with E-state index in [4.69, 9.17) is 4.74 Å². The summed E-state index contributed by atoms with van der Waals surface area (Å²) in [4.78, 5) is 6.61. The van der Waals surface area contributed by atoms with Crippen molar-refractivity contribution in [1.29, 1.82) is 0 Å². The van der Waals surface area contributed by atoms with Crippen molar-refractivity contribution >= 4 is 10.0 Å². The smallest absolute Gasteiger partial charge is 0.246 e. The van der Waals surface area contributed by atoms with Crippen LogP contribution in [0.3, 0.4) is 0 Å². The maximum atomic E-state index is 12.8. The zero-order valence-corrected chi connectivity index (χ0v) is 14.9. The van der Waals surface area contributed by atoms with Crippen LogP contribution in [0.5, 0.6) is 5.75 Å². The first-order chi connectivity index (χ1) is 12.0. The molecule has 1 spiro atoms. The van der Waals surface area contributed by atoms with Crippen molar-refractivity contribution in [3.8, 4) is 5.75 Å². The number of sulfonamides is 1. The van der Waals surface area contributed by atoms with Crippen LogP contribution in [-0.2, 0) is 16.6 Å². The molecule has 4 rings (SSSR count). The number of pyridine rings is 1. The summed E-state index contributed by atoms with van der Waals surface area (Å²) in [5, 5.41) is 0. The van der Waals surface area contributed by atoms with E-state index >= 15 is 0 Å². The van der Waals surface area contributed by atoms with Crippen LogP contribution in [-0.4, -0.2) is 54.9 Å². The van der Waals surface area contributed by atoms with E-state index < -0.39 is 15.6 Å². The molecule has 1 aromatic heterocycles. The Morgan fingerprint density at radius 2 is 1.92 bits per heavy atom. The van der Waals surface area contributed by atoms with Gasteiger partial charge in [-0.25, -0.2) is 8.42 Å². The maximum Gasteiger partial charge on any atom is 0.246 e. The van der Waals surface area contributed by atoms with Gasteiger partial charge < -0.3 is 4.74 Å². The average Bonchev–Trinajstić information content (AvgIpc) is 2.94. The summed E-state index contributed by atoms with van der Waals surface area (Å²) in [5.74, 6) is 0.456. The Kier molecular flexibility index (Phi) is 4.02. The molecule has 0 amide bonds. The van der Waals surface area contributed by atoms with Crippen LogP contribution >= 0.6 is 0 Å². The monoisotopic (exact) mass is 359 g/mol. The quantitative estimate of drug-likeness (QED) is 0.817. The van der Waals surface area contributed by atoms with Crippen molar-refractivity contribution in [2.75, 3.05) is 26.7 Å². The highest BCUT2D eigenvalue weighted by Gasteiger charge is 2.46. The van der Waals surface area contributed by atoms with Crippen molar-refractivity contribution in [2.24, 2.45) is 0 Å². The number of aromatic nitrogens is 1. The van der Waals surface area contributed by atoms with E-state index in [1.54, 1.807) is 37.6 Å². The molecule has 1 unspecified atom stereocenters. The Hall–Kier alpha value is -1.96. The number of benzene rings is 1. The van der Waals surface area contributed by atoms with Crippen molar-refractivity contribution in [2.45, 2.75) is 23.5 Å². The summed E-state index contributed by atoms with van der Waals surface area (Å²) in [6.45, 7) is 2.74. The molecule has 2 aliphatic rings. The molecule has 3 heterocycles. The van der Waals surface area contributed by atoms with E-state index in [-0.39, 0.29) is 4.90 Å². The highest BCUT2D eigenvalue weighted by atomic mass is 32.2. The third kappa shape index (κ3) is 3.03. The number of hydrogen-bond donors (Lipinski definition) is 0. The SMILES string of the molecule is CN1CC2(CCN(Cc3ccncc3)C2)Oc2ccccc2S1(=O)=O. The van der Waals surface area contributed by atoms with Crippen LogP contribution < -0.4 is 4.74 Å². The lowest BCUT2D eigenvalue weighted by atomic mass is 10.0. The van der Waals surface area contributed by atoms with Crippen molar-refractivity contribution in [3.05, 3.63) is 54.4 Å². The maximum absolute atomic E-state index is 12.8. The van der Waals surface area contributed by atoms with Crippen LogP contribution in [0.25, 0.3) is 0 Å². The lowest BCUT2D eigenvalue weighted by Gasteiger charge is -2.30. The number of likely N-dealkylation sites (N-methyl/N-ethyl adjacent to an activating group) is 1. The molecular formula is C18H21N3O3S. The molecular weight excluding hydrogens is 338 g/mol. The van der Waals surface area contributed by atoms with Gasteiger partial charge in [0.25, 0.3) is 0 Å². The van der Waals surface area contributed by atoms with Crippen LogP contribution in [0, 0.1) is 0 Å². The largest absolute Gasteiger partial charge is 0.483 e. The first kappa shape index (κ1) is 16.5. The molecule has 2 aliphatic heterocycles. The molecule has 2 aromatic rings. The Bertz CT molecular complexity index is 872. The lowest BCUT2D eigenvalue weighted by Crippen LogP contribution is -2.47. The van der Waals surface area contributed by atoms with Gasteiger partial charge in [0.2, 0.25) is 10.0 Å². The number of fused-ring (bicyclic) bond motifs is 1. The Balaban J connectivity index is 1.61. The lowest BCUT2D eigenvalue weighted by molar-refractivity contribution is 0.0623. The van der Waals surface area contributed by atoms with Crippen LogP contribution in [0.1, 0.15) is 12.0 Å². The van der Waals surface area contributed by atoms with E-state index in [0.29, 0.717) is 18.8 Å². The van der Waals surface area contributed by atoms with Crippen LogP contribution in [0.15, 0.2) is 53.7 Å². The molecule has 25 heavy (non-hydrogen) atoms. The van der Waals surface area contributed by atoms with Gasteiger partial charge in [-0.05, 0) is 29.8 Å². The van der Waals surface area contributed by atoms with Gasteiger partial charge in [0.1, 0.15) is 16.2 Å². The highest BCUT2D eigenvalue weighted by molar-refractivity contribution is 7.89. The Labute approximate surface area is 148 Å². The third-order valence-electron chi connectivity index (χ3n) is 4.93. The molecule has 0 aliphatic carbocycles. The normalized spacial score (nSPS) is 26.1. The molecule has 132 valence electrons. The van der Waals surface area contributed by atoms with Gasteiger partial charge in [0.15, 0.2) is 0 Å². The fraction of sp³-hybridized carbons (Fsp3) is 0.389. The fourth-order valence-electron chi connectivity index (χ4n) is 3.69. The van der Waals surface area contributed by atoms with Gasteiger partial charge in [0.05, 0.1) is 6.54 Å². The Morgan fingerprint density at radius 1 is 1.16 bits per heavy atom. The molecule has 0 N–H and O–H groups in total. The minimum absolute atomic E-state index is 0.252. The van der Waals surface area contributed by atoms with E-state index in [0.717, 1.165) is 19.5 Å². The molecule has 0 bridgehead atoms. The van der Waals surface area contributed by atoms with Crippen molar-refractivity contribution < 1.29 is 13.2 Å². The number of rotatable bonds is 2. The number of nitrogens with zero attached hydrogens (tertiary/aromatic N) is 3. The second-order valence-corrected chi connectivity index (χ2v) is 8.82. The number of hydrogen-bond acceptors (Lipinski definition) is 5. The molecule has 0 radical (unpaired) electrons. The van der Waals surface area contributed by atoms with E-state index in [2.05, 4.69) is 9.88 Å². The first-order valence-electron chi connectivity index (χ1n) is 8.34. The molecule has 0 saturated carbocycles. The second-order valence-electron chi connectivity index (χ2n) is 6.81. The van der Waals surface area contributed by atoms with Gasteiger partial charge >= 0.3 is 0 Å². The summed E-state index contributed by atoms with van der Waals surface area (Å²) >= 11 is 0. The fourth-order valence-corrected chi connectivity index (χ4v) is 5.05. The average molecular weight is 359 g/mol. The van der Waals surface area contributed by atoms with Gasteiger partial charge in [-0.2, -0.15) is 4.31 Å². The predicted octanol–water partition coefficient (Wildman–Crippen LogP) is 1.74. The molecule has 6 nitrogen and oxygen atoms in total. The van der Waals surface area contributed by atoms with Crippen LogP contribution in [0.4, 0.5) is 0 Å². The summed E-state index contributed by atoms with van der Waals surface area (Å²) < 4.78 is 33.3. The van der Waals surface area contributed by atoms with E-state index in [1.165, 1.54) is 9.87 Å². The summed E-state index contributed by atoms with van der Waals surface area (Å²) in [5.41, 5.74) is 0.684. The topological polar surface area (TPSA) is 62.7 Å². The Morgan fingerprint density at radius 3 is 2.72 bits per heavy atom. The standard InChI is InChI=1S/C18H21N3O3S/c1-20-13-18(24-16-4-2-3-5-17(16)25(20,22)23)8-11-21(14-18)12-15-6-9-19-10-7-15/h2-7,9-10H,8,11-14H2,1H3. The summed E-state index contributed by atoms with van der Waals surface area (Å²) in [6.07, 6.45) is 4.38. The summed E-state index contributed by atoms with van der Waals surface area (Å²) in [7, 11) is -1.88. The molecule has 7 heteroatoms. The number of para-hydroxylation sites is 1. The zero-order valence-electron chi connectivity index (χ0n) is 14.1. The minimum Gasteiger partial charge on any atom is -0.483 e. The first-order valence-corrected chi connectivity index (χ1v) is 9.78. The molecule has 1 atom stereocenters. The minimum atomic E-state index is -3.52. The summed E-state index contributed by atoms with van der Waals surface area (Å²) in [6, 6.07) is 10.9. The highest BCUT2D eigenvalue weighted by Crippen LogP contribution is 2.37. The van der Waals surface area contributed by atoms with Gasteiger partial charge in [-0.1, -0.05) is 12.1 Å². The molecule has 1 aromatic carbocycles. The van der Waals surface area contributed by atoms with E-state index in [9.17, 15) is 8.42 Å². The second kappa shape index (κ2) is 6.09. The molecule has 1 saturated heterocycles. The van der Waals surface area contributed by atoms with Crippen molar-refractivity contribution in [1.82, 2.24) is 14.2 Å². The predicted molar refractivity (Wildman–Crippen MR) is 93.7 cm³/mol. The van der Waals surface area contributed by atoms with Crippen LogP contribution in [0.2, 0.25) is 0 Å². The van der Waals surface area contributed by atoms with E-state index in [1.807, 2.05) is 18.2 Å². The third-order valence-corrected chi connectivity index (χ3v) is 6.77. The van der Waals surface area contributed by atoms with Gasteiger partial charge in [0, 0.05) is 45.5 Å². The number of ether oxygens (including phenoxy) is 1. The molecule has 1 fully saturated rings.